The van der Waals surface area contributed by atoms with Crippen LogP contribution in [-0.4, -0.2) is 38.2 Å². The molecule has 4 rings (SSSR count). The Morgan fingerprint density at radius 3 is 2.51 bits per heavy atom. The van der Waals surface area contributed by atoms with E-state index in [-0.39, 0.29) is 29.5 Å². The van der Waals surface area contributed by atoms with Crippen LogP contribution in [0.4, 0.5) is 5.00 Å². The molecule has 4 N–H and O–H groups in total. The molecule has 3 amide bonds. The van der Waals surface area contributed by atoms with E-state index in [1.165, 1.54) is 23.1 Å². The average molecular weight is 541 g/mol. The maximum absolute atomic E-state index is 12.8. The molecule has 2 heterocycles. The second kappa shape index (κ2) is 11.5. The van der Waals surface area contributed by atoms with Gasteiger partial charge in [-0.15, -0.1) is 21.5 Å². The fourth-order valence-electron chi connectivity index (χ4n) is 4.39. The zero-order valence-corrected chi connectivity index (χ0v) is 23.1. The number of nitrogens with one attached hydrogen (secondary N) is 2. The van der Waals surface area contributed by atoms with Crippen LogP contribution in [0.25, 0.3) is 0 Å². The van der Waals surface area contributed by atoms with Gasteiger partial charge in [-0.3, -0.25) is 14.4 Å². The molecule has 0 unspecified atom stereocenters. The average Bonchev–Trinajstić information content (AvgIpc) is 3.40. The van der Waals surface area contributed by atoms with E-state index in [1.807, 2.05) is 40.0 Å². The number of thioether (sulfide) groups is 1. The van der Waals surface area contributed by atoms with Crippen LogP contribution >= 0.6 is 23.1 Å². The van der Waals surface area contributed by atoms with Gasteiger partial charge in [0.1, 0.15) is 5.00 Å². The maximum atomic E-state index is 12.8. The Balaban J connectivity index is 1.42. The van der Waals surface area contributed by atoms with Crippen LogP contribution in [0, 0.1) is 12.8 Å². The Morgan fingerprint density at radius 2 is 1.84 bits per heavy atom. The number of rotatable bonds is 9. The SMILES string of the molecule is Cc1ccc(C(=O)N[C@@H](c2nnc(SCC(=O)Nc3sc4c(c3C(N)=O)CCCC4)n2C)C(C)C)cc1. The summed E-state index contributed by atoms with van der Waals surface area (Å²) in [5, 5.41) is 15.6. The number of amides is 3. The third-order valence-electron chi connectivity index (χ3n) is 6.42. The number of nitrogens with zero attached hydrogens (tertiary/aromatic N) is 3. The van der Waals surface area contributed by atoms with Crippen molar-refractivity contribution in [2.24, 2.45) is 18.7 Å². The Bertz CT molecular complexity index is 1310. The van der Waals surface area contributed by atoms with E-state index in [9.17, 15) is 14.4 Å². The van der Waals surface area contributed by atoms with Gasteiger partial charge in [0.25, 0.3) is 11.8 Å². The minimum atomic E-state index is -0.507. The standard InChI is InChI=1S/C26H32N6O3S2/c1-14(2)21(29-24(35)16-11-9-15(3)10-12-16)23-30-31-26(32(23)4)36-13-19(33)28-25-20(22(27)34)17-7-5-6-8-18(17)37-25/h9-12,14,21H,5-8,13H2,1-4H3,(H2,27,34)(H,28,33)(H,29,35)/t21-/m1/s1. The lowest BCUT2D eigenvalue weighted by Crippen LogP contribution is -2.33. The van der Waals surface area contributed by atoms with E-state index < -0.39 is 5.91 Å². The minimum Gasteiger partial charge on any atom is -0.365 e. The third-order valence-corrected chi connectivity index (χ3v) is 8.64. The molecule has 1 atom stereocenters. The number of hydrogen-bond donors (Lipinski definition) is 3. The first kappa shape index (κ1) is 26.9. The summed E-state index contributed by atoms with van der Waals surface area (Å²) in [7, 11) is 1.82. The normalized spacial score (nSPS) is 13.8. The maximum Gasteiger partial charge on any atom is 0.251 e. The number of primary amides is 1. The predicted molar refractivity (Wildman–Crippen MR) is 146 cm³/mol. The molecule has 1 aliphatic carbocycles. The molecule has 0 saturated heterocycles. The van der Waals surface area contributed by atoms with Gasteiger partial charge in [0.2, 0.25) is 5.91 Å². The van der Waals surface area contributed by atoms with Crippen molar-refractivity contribution >= 4 is 45.8 Å². The number of carbonyl (C=O) groups is 3. The van der Waals surface area contributed by atoms with Crippen molar-refractivity contribution in [2.75, 3.05) is 11.1 Å². The molecule has 3 aromatic rings. The first-order chi connectivity index (χ1) is 17.7. The van der Waals surface area contributed by atoms with E-state index in [0.717, 1.165) is 41.7 Å². The van der Waals surface area contributed by atoms with Crippen LogP contribution in [0.1, 0.15) is 75.3 Å². The summed E-state index contributed by atoms with van der Waals surface area (Å²) in [6.45, 7) is 5.99. The summed E-state index contributed by atoms with van der Waals surface area (Å²) in [4.78, 5) is 38.8. The fraction of sp³-hybridized carbons (Fsp3) is 0.423. The number of thiophene rings is 1. The van der Waals surface area contributed by atoms with Crippen LogP contribution in [0.5, 0.6) is 0 Å². The number of hydrogen-bond acceptors (Lipinski definition) is 7. The topological polar surface area (TPSA) is 132 Å². The highest BCUT2D eigenvalue weighted by Gasteiger charge is 2.27. The lowest BCUT2D eigenvalue weighted by Gasteiger charge is -2.21. The predicted octanol–water partition coefficient (Wildman–Crippen LogP) is 4.02. The first-order valence-electron chi connectivity index (χ1n) is 12.3. The van der Waals surface area contributed by atoms with Crippen LogP contribution < -0.4 is 16.4 Å². The molecular formula is C26H32N6O3S2. The highest BCUT2D eigenvalue weighted by molar-refractivity contribution is 7.99. The van der Waals surface area contributed by atoms with E-state index in [1.54, 1.807) is 16.7 Å². The highest BCUT2D eigenvalue weighted by atomic mass is 32.2. The van der Waals surface area contributed by atoms with E-state index >= 15 is 0 Å². The molecule has 196 valence electrons. The number of carbonyl (C=O) groups excluding carboxylic acids is 3. The van der Waals surface area contributed by atoms with Crippen molar-refractivity contribution in [3.05, 3.63) is 57.2 Å². The minimum absolute atomic E-state index is 0.0653. The number of aryl methyl sites for hydroxylation is 2. The second-order valence-electron chi connectivity index (χ2n) is 9.58. The molecule has 11 heteroatoms. The van der Waals surface area contributed by atoms with Crippen molar-refractivity contribution < 1.29 is 14.4 Å². The number of nitrogens with two attached hydrogens (primary N) is 1. The summed E-state index contributed by atoms with van der Waals surface area (Å²) >= 11 is 2.69. The zero-order chi connectivity index (χ0) is 26.7. The molecule has 0 spiro atoms. The summed E-state index contributed by atoms with van der Waals surface area (Å²) in [6.07, 6.45) is 3.81. The van der Waals surface area contributed by atoms with Crippen LogP contribution in [0.3, 0.4) is 0 Å². The molecular weight excluding hydrogens is 508 g/mol. The molecule has 0 fully saturated rings. The second-order valence-corrected chi connectivity index (χ2v) is 11.6. The smallest absolute Gasteiger partial charge is 0.251 e. The molecule has 1 aromatic carbocycles. The molecule has 1 aliphatic rings. The van der Waals surface area contributed by atoms with Crippen molar-refractivity contribution in [1.29, 1.82) is 0 Å². The molecule has 0 radical (unpaired) electrons. The number of aromatic nitrogens is 3. The van der Waals surface area contributed by atoms with Gasteiger partial charge in [0.15, 0.2) is 11.0 Å². The Labute approximate surface area is 224 Å². The van der Waals surface area contributed by atoms with Gasteiger partial charge in [0, 0.05) is 17.5 Å². The largest absolute Gasteiger partial charge is 0.365 e. The molecule has 0 aliphatic heterocycles. The third kappa shape index (κ3) is 6.04. The quantitative estimate of drug-likeness (QED) is 0.351. The van der Waals surface area contributed by atoms with Gasteiger partial charge in [-0.2, -0.15) is 0 Å². The number of anilines is 1. The molecule has 9 nitrogen and oxygen atoms in total. The fourth-order valence-corrected chi connectivity index (χ4v) is 6.42. The number of fused-ring (bicyclic) bond motifs is 1. The van der Waals surface area contributed by atoms with Gasteiger partial charge in [0.05, 0.1) is 17.4 Å². The first-order valence-corrected chi connectivity index (χ1v) is 14.1. The van der Waals surface area contributed by atoms with Crippen molar-refractivity contribution in [3.8, 4) is 0 Å². The van der Waals surface area contributed by atoms with Crippen molar-refractivity contribution in [1.82, 2.24) is 20.1 Å². The van der Waals surface area contributed by atoms with E-state index in [2.05, 4.69) is 20.8 Å². The van der Waals surface area contributed by atoms with Gasteiger partial charge in [-0.1, -0.05) is 43.3 Å². The van der Waals surface area contributed by atoms with Crippen LogP contribution in [0.2, 0.25) is 0 Å². The lowest BCUT2D eigenvalue weighted by atomic mass is 9.95. The highest BCUT2D eigenvalue weighted by Crippen LogP contribution is 2.38. The number of benzene rings is 1. The van der Waals surface area contributed by atoms with Gasteiger partial charge < -0.3 is 20.9 Å². The van der Waals surface area contributed by atoms with Crippen LogP contribution in [-0.2, 0) is 24.7 Å². The summed E-state index contributed by atoms with van der Waals surface area (Å²) in [5.74, 6) is -0.166. The van der Waals surface area contributed by atoms with Gasteiger partial charge in [-0.05, 0) is 56.2 Å². The Hall–Kier alpha value is -3.18. The van der Waals surface area contributed by atoms with Gasteiger partial charge >= 0.3 is 0 Å². The monoisotopic (exact) mass is 540 g/mol. The molecule has 0 saturated carbocycles. The Morgan fingerprint density at radius 1 is 1.14 bits per heavy atom. The summed E-state index contributed by atoms with van der Waals surface area (Å²) < 4.78 is 1.80. The van der Waals surface area contributed by atoms with E-state index in [0.29, 0.717) is 27.1 Å². The molecule has 2 aromatic heterocycles. The van der Waals surface area contributed by atoms with Crippen LogP contribution in [0.15, 0.2) is 29.4 Å². The van der Waals surface area contributed by atoms with E-state index in [4.69, 9.17) is 5.73 Å². The lowest BCUT2D eigenvalue weighted by molar-refractivity contribution is -0.113. The Kier molecular flexibility index (Phi) is 8.33. The molecule has 37 heavy (non-hydrogen) atoms. The summed E-state index contributed by atoms with van der Waals surface area (Å²) in [6, 6.07) is 7.04. The molecule has 0 bridgehead atoms. The van der Waals surface area contributed by atoms with Gasteiger partial charge in [-0.25, -0.2) is 0 Å². The summed E-state index contributed by atoms with van der Waals surface area (Å²) in [5.41, 5.74) is 8.73. The van der Waals surface area contributed by atoms with Crippen molar-refractivity contribution in [3.63, 3.8) is 0 Å². The van der Waals surface area contributed by atoms with Crippen molar-refractivity contribution in [2.45, 2.75) is 57.7 Å². The zero-order valence-electron chi connectivity index (χ0n) is 21.5.